The van der Waals surface area contributed by atoms with Crippen LogP contribution in [0.3, 0.4) is 0 Å². The Bertz CT molecular complexity index is 646. The van der Waals surface area contributed by atoms with Crippen LogP contribution in [-0.4, -0.2) is 17.1 Å². The summed E-state index contributed by atoms with van der Waals surface area (Å²) in [5.74, 6) is 1.79. The zero-order valence-corrected chi connectivity index (χ0v) is 11.1. The number of hydrogen-bond donors (Lipinski definition) is 1. The number of ether oxygens (including phenoxy) is 1. The number of aromatic nitrogens is 2. The Hall–Kier alpha value is -2.61. The van der Waals surface area contributed by atoms with Crippen LogP contribution in [-0.2, 0) is 0 Å². The zero-order chi connectivity index (χ0) is 13.8. The van der Waals surface area contributed by atoms with Crippen LogP contribution in [0.15, 0.2) is 24.4 Å². The van der Waals surface area contributed by atoms with Crippen molar-refractivity contribution >= 4 is 11.5 Å². The maximum Gasteiger partial charge on any atom is 0.152 e. The average molecular weight is 254 g/mol. The van der Waals surface area contributed by atoms with E-state index in [9.17, 15) is 0 Å². The van der Waals surface area contributed by atoms with Crippen molar-refractivity contribution in [3.05, 3.63) is 41.3 Å². The lowest BCUT2D eigenvalue weighted by atomic mass is 10.2. The minimum absolute atomic E-state index is 0.397. The van der Waals surface area contributed by atoms with E-state index in [1.165, 1.54) is 6.20 Å². The Morgan fingerprint density at radius 2 is 2.11 bits per heavy atom. The predicted molar refractivity (Wildman–Crippen MR) is 72.5 cm³/mol. The molecular weight excluding hydrogens is 240 g/mol. The van der Waals surface area contributed by atoms with Crippen molar-refractivity contribution in [1.29, 1.82) is 5.26 Å². The average Bonchev–Trinajstić information content (AvgIpc) is 2.39. The van der Waals surface area contributed by atoms with Crippen molar-refractivity contribution in [3.63, 3.8) is 0 Å². The van der Waals surface area contributed by atoms with Gasteiger partial charge >= 0.3 is 0 Å². The third-order valence-corrected chi connectivity index (χ3v) is 2.64. The first-order valence-corrected chi connectivity index (χ1v) is 5.79. The monoisotopic (exact) mass is 254 g/mol. The van der Waals surface area contributed by atoms with Gasteiger partial charge in [-0.3, -0.25) is 0 Å². The summed E-state index contributed by atoms with van der Waals surface area (Å²) in [5, 5.41) is 12.2. The van der Waals surface area contributed by atoms with E-state index in [1.807, 2.05) is 25.1 Å². The molecule has 0 bridgehead atoms. The third-order valence-electron chi connectivity index (χ3n) is 2.64. The molecule has 0 spiro atoms. The van der Waals surface area contributed by atoms with E-state index in [0.717, 1.165) is 11.3 Å². The quantitative estimate of drug-likeness (QED) is 0.911. The number of nitriles is 1. The van der Waals surface area contributed by atoms with Gasteiger partial charge in [-0.2, -0.15) is 5.26 Å². The Balaban J connectivity index is 2.44. The Kier molecular flexibility index (Phi) is 3.62. The second-order valence-corrected chi connectivity index (χ2v) is 4.12. The predicted octanol–water partition coefficient (Wildman–Crippen LogP) is 2.72. The second kappa shape index (κ2) is 5.36. The van der Waals surface area contributed by atoms with E-state index in [-0.39, 0.29) is 0 Å². The van der Waals surface area contributed by atoms with Crippen LogP contribution in [0.5, 0.6) is 5.75 Å². The summed E-state index contributed by atoms with van der Waals surface area (Å²) in [6.45, 7) is 3.76. The van der Waals surface area contributed by atoms with Gasteiger partial charge in [-0.05, 0) is 31.5 Å². The third kappa shape index (κ3) is 2.80. The molecule has 2 aromatic rings. The van der Waals surface area contributed by atoms with Gasteiger partial charge in [0.15, 0.2) is 5.82 Å². The molecule has 0 amide bonds. The Morgan fingerprint density at radius 1 is 1.32 bits per heavy atom. The minimum Gasteiger partial charge on any atom is -0.495 e. The van der Waals surface area contributed by atoms with Crippen LogP contribution in [0, 0.1) is 25.2 Å². The lowest BCUT2D eigenvalue weighted by molar-refractivity contribution is 0.416. The van der Waals surface area contributed by atoms with Gasteiger partial charge in [0, 0.05) is 0 Å². The summed E-state index contributed by atoms with van der Waals surface area (Å²) >= 11 is 0. The number of rotatable bonds is 3. The molecule has 2 rings (SSSR count). The van der Waals surface area contributed by atoms with Crippen LogP contribution < -0.4 is 10.1 Å². The van der Waals surface area contributed by atoms with E-state index in [1.54, 1.807) is 14.0 Å². The van der Waals surface area contributed by atoms with Crippen LogP contribution in [0.4, 0.5) is 11.5 Å². The molecule has 19 heavy (non-hydrogen) atoms. The molecule has 0 aliphatic rings. The summed E-state index contributed by atoms with van der Waals surface area (Å²) in [4.78, 5) is 8.25. The van der Waals surface area contributed by atoms with Crippen molar-refractivity contribution in [2.45, 2.75) is 13.8 Å². The van der Waals surface area contributed by atoms with E-state index in [0.29, 0.717) is 23.0 Å². The van der Waals surface area contributed by atoms with E-state index in [4.69, 9.17) is 10.00 Å². The Labute approximate surface area is 111 Å². The van der Waals surface area contributed by atoms with Crippen molar-refractivity contribution in [3.8, 4) is 11.8 Å². The Morgan fingerprint density at radius 3 is 2.79 bits per heavy atom. The molecule has 1 N–H and O–H groups in total. The maximum absolute atomic E-state index is 9.07. The molecule has 0 atom stereocenters. The van der Waals surface area contributed by atoms with Gasteiger partial charge in [-0.1, -0.05) is 6.07 Å². The molecule has 1 heterocycles. The minimum atomic E-state index is 0.397. The van der Waals surface area contributed by atoms with Gasteiger partial charge in [0.1, 0.15) is 23.2 Å². The number of nitrogens with one attached hydrogen (secondary N) is 1. The van der Waals surface area contributed by atoms with Gasteiger partial charge in [-0.15, -0.1) is 0 Å². The molecule has 1 aromatic carbocycles. The molecule has 0 unspecified atom stereocenters. The summed E-state index contributed by atoms with van der Waals surface area (Å²) in [7, 11) is 1.60. The van der Waals surface area contributed by atoms with Crippen molar-refractivity contribution in [1.82, 2.24) is 9.97 Å². The molecule has 96 valence electrons. The van der Waals surface area contributed by atoms with Crippen LogP contribution >= 0.6 is 0 Å². The standard InChI is InChI=1S/C14H14N4O/c1-9-4-5-13(19-3)12(6-9)18-14-11(7-15)8-16-10(2)17-14/h4-6,8H,1-3H3,(H,16,17,18). The molecular formula is C14H14N4O. The number of methoxy groups -OCH3 is 1. The number of hydrogen-bond acceptors (Lipinski definition) is 5. The second-order valence-electron chi connectivity index (χ2n) is 4.12. The number of aryl methyl sites for hydroxylation is 2. The fourth-order valence-corrected chi connectivity index (χ4v) is 1.69. The smallest absolute Gasteiger partial charge is 0.152 e. The van der Waals surface area contributed by atoms with E-state index >= 15 is 0 Å². The lowest BCUT2D eigenvalue weighted by Crippen LogP contribution is -2.02. The highest BCUT2D eigenvalue weighted by Crippen LogP contribution is 2.28. The molecule has 5 heteroatoms. The lowest BCUT2D eigenvalue weighted by Gasteiger charge is -2.12. The van der Waals surface area contributed by atoms with Crippen LogP contribution in [0.1, 0.15) is 17.0 Å². The summed E-state index contributed by atoms with van der Waals surface area (Å²) in [6, 6.07) is 7.84. The molecule has 0 aliphatic heterocycles. The zero-order valence-electron chi connectivity index (χ0n) is 11.1. The van der Waals surface area contributed by atoms with Crippen LogP contribution in [0.25, 0.3) is 0 Å². The summed E-state index contributed by atoms with van der Waals surface area (Å²) in [6.07, 6.45) is 1.51. The summed E-state index contributed by atoms with van der Waals surface area (Å²) < 4.78 is 5.29. The fourth-order valence-electron chi connectivity index (χ4n) is 1.69. The van der Waals surface area contributed by atoms with Gasteiger partial charge in [0.2, 0.25) is 0 Å². The number of benzene rings is 1. The normalized spacial score (nSPS) is 9.79. The fraction of sp³-hybridized carbons (Fsp3) is 0.214. The van der Waals surface area contributed by atoms with Gasteiger partial charge in [0.05, 0.1) is 19.0 Å². The molecule has 0 saturated carbocycles. The molecule has 0 aliphatic carbocycles. The van der Waals surface area contributed by atoms with Crippen molar-refractivity contribution in [2.24, 2.45) is 0 Å². The van der Waals surface area contributed by atoms with Crippen molar-refractivity contribution < 1.29 is 4.74 Å². The molecule has 1 aromatic heterocycles. The highest BCUT2D eigenvalue weighted by atomic mass is 16.5. The molecule has 0 radical (unpaired) electrons. The first-order valence-electron chi connectivity index (χ1n) is 5.79. The maximum atomic E-state index is 9.07. The summed E-state index contributed by atoms with van der Waals surface area (Å²) in [5.41, 5.74) is 2.26. The first-order chi connectivity index (χ1) is 9.13. The van der Waals surface area contributed by atoms with Gasteiger partial charge in [-0.25, -0.2) is 9.97 Å². The number of nitrogens with zero attached hydrogens (tertiary/aromatic N) is 3. The SMILES string of the molecule is COc1ccc(C)cc1Nc1nc(C)ncc1C#N. The highest BCUT2D eigenvalue weighted by molar-refractivity contribution is 5.68. The molecule has 5 nitrogen and oxygen atoms in total. The van der Waals surface area contributed by atoms with E-state index in [2.05, 4.69) is 21.4 Å². The van der Waals surface area contributed by atoms with E-state index < -0.39 is 0 Å². The van der Waals surface area contributed by atoms with Crippen molar-refractivity contribution in [2.75, 3.05) is 12.4 Å². The van der Waals surface area contributed by atoms with Gasteiger partial charge < -0.3 is 10.1 Å². The topological polar surface area (TPSA) is 70.8 Å². The largest absolute Gasteiger partial charge is 0.495 e. The van der Waals surface area contributed by atoms with Crippen LogP contribution in [0.2, 0.25) is 0 Å². The first kappa shape index (κ1) is 12.8. The number of anilines is 2. The highest BCUT2D eigenvalue weighted by Gasteiger charge is 2.09. The molecule has 0 fully saturated rings. The van der Waals surface area contributed by atoms with Gasteiger partial charge in [0.25, 0.3) is 0 Å². The molecule has 0 saturated heterocycles.